The molecular weight excluding hydrogens is 474 g/mol. The Bertz CT molecular complexity index is 756. The Balaban J connectivity index is 0.00000121. The molecule has 2 aliphatic carbocycles. The minimum atomic E-state index is -2.94. The fraction of sp³-hybridized carbons (Fsp3) is 0.294. The molecule has 0 saturated heterocycles. The normalized spacial score (nSPS) is 19.8. The molecule has 3 rings (SSSR count). The van der Waals surface area contributed by atoms with E-state index in [-0.39, 0.29) is 24.8 Å². The topological polar surface area (TPSA) is 0 Å². The number of rotatable bonds is 2. The molecule has 0 N–H and O–H groups in total. The van der Waals surface area contributed by atoms with Crippen LogP contribution < -0.4 is 0 Å². The summed E-state index contributed by atoms with van der Waals surface area (Å²) in [5.74, 6) is 0. The molecule has 0 fully saturated rings. The van der Waals surface area contributed by atoms with Crippen LogP contribution in [-0.4, -0.2) is 6.88 Å². The maximum atomic E-state index is 3.72. The molecule has 1 atom stereocenters. The second kappa shape index (κ2) is 6.84. The van der Waals surface area contributed by atoms with Crippen molar-refractivity contribution < 1.29 is 17.4 Å². The van der Waals surface area contributed by atoms with Gasteiger partial charge in [-0.15, -0.1) is 24.8 Å². The van der Waals surface area contributed by atoms with Crippen LogP contribution in [0, 0.1) is 0 Å². The number of fused-ring (bicyclic) bond motifs is 1. The molecule has 120 valence electrons. The summed E-state index contributed by atoms with van der Waals surface area (Å²) in [5, 5.41) is 0. The first kappa shape index (κ1) is 20.6. The van der Waals surface area contributed by atoms with Crippen molar-refractivity contribution in [2.24, 2.45) is 0 Å². The van der Waals surface area contributed by atoms with Crippen molar-refractivity contribution in [2.75, 3.05) is 0 Å². The van der Waals surface area contributed by atoms with E-state index in [0.717, 1.165) is 0 Å². The van der Waals surface area contributed by atoms with Gasteiger partial charge >= 0.3 is 133 Å². The van der Waals surface area contributed by atoms with Gasteiger partial charge in [-0.2, -0.15) is 0 Å². The van der Waals surface area contributed by atoms with Crippen molar-refractivity contribution in [2.45, 2.75) is 26.2 Å². The average molecular weight is 497 g/mol. The average Bonchev–Trinajstić information content (AvgIpc) is 2.95. The quantitative estimate of drug-likeness (QED) is 0.445. The van der Waals surface area contributed by atoms with Crippen molar-refractivity contribution in [1.82, 2.24) is 0 Å². The molecule has 0 saturated carbocycles. The number of benzene rings is 1. The predicted octanol–water partition coefficient (Wildman–Crippen LogP) is 5.93. The second-order valence-corrected chi connectivity index (χ2v) is 37.7. The molecule has 0 aliphatic heterocycles. The molecular formula is C17H23BrCl2SiZr. The molecule has 1 unspecified atom stereocenters. The van der Waals surface area contributed by atoms with Crippen LogP contribution in [-0.2, 0) is 17.4 Å². The van der Waals surface area contributed by atoms with Gasteiger partial charge in [-0.25, -0.2) is 0 Å². The van der Waals surface area contributed by atoms with E-state index >= 15 is 0 Å². The molecule has 0 bridgehead atoms. The van der Waals surface area contributed by atoms with Gasteiger partial charge in [0.1, 0.15) is 0 Å². The summed E-state index contributed by atoms with van der Waals surface area (Å²) in [4.78, 5) is 0. The standard InChI is InChI=1S/C10H8Br.C5H5.2CH3.2ClH.H2Si.Zr/c1-7-5-8-3-2-4-10(11)9(8)6-7;1-2-4-5-3-1;;;;;;/h2-6H,1H3;1-3H,4H2;2*1H3;2*1H;1H2;. The summed E-state index contributed by atoms with van der Waals surface area (Å²) < 4.78 is 8.89. The fourth-order valence-electron chi connectivity index (χ4n) is 3.98. The molecule has 0 amide bonds. The van der Waals surface area contributed by atoms with E-state index in [1.807, 2.05) is 0 Å². The Morgan fingerprint density at radius 2 is 1.91 bits per heavy atom. The molecule has 0 radical (unpaired) electrons. The molecule has 0 heterocycles. The zero-order valence-electron chi connectivity index (χ0n) is 13.2. The summed E-state index contributed by atoms with van der Waals surface area (Å²) in [6.07, 6.45) is 10.6. The predicted molar refractivity (Wildman–Crippen MR) is 107 cm³/mol. The molecule has 0 nitrogen and oxygen atoms in total. The van der Waals surface area contributed by atoms with Gasteiger partial charge in [0.05, 0.1) is 0 Å². The molecule has 22 heavy (non-hydrogen) atoms. The van der Waals surface area contributed by atoms with E-state index in [1.165, 1.54) is 16.5 Å². The Hall–Kier alpha value is 0.600. The SMILES string of the molecule is CC1=Cc2c(Br)cccc2[CH]1[Zr]([CH3])([CH3])(=[SiH2])[C]1=CC=CC1.Cl.Cl. The maximum Gasteiger partial charge on any atom is -0.147 e. The van der Waals surface area contributed by atoms with E-state index in [2.05, 4.69) is 81.5 Å². The molecule has 1 aromatic carbocycles. The van der Waals surface area contributed by atoms with Gasteiger partial charge < -0.3 is 0 Å². The van der Waals surface area contributed by atoms with Gasteiger partial charge in [-0.3, -0.25) is 0 Å². The van der Waals surface area contributed by atoms with Crippen LogP contribution in [0.5, 0.6) is 0 Å². The van der Waals surface area contributed by atoms with E-state index in [4.69, 9.17) is 0 Å². The minimum Gasteiger partial charge on any atom is -0.147 e. The van der Waals surface area contributed by atoms with E-state index in [1.54, 1.807) is 14.4 Å². The van der Waals surface area contributed by atoms with Gasteiger partial charge in [0.25, 0.3) is 0 Å². The van der Waals surface area contributed by atoms with Crippen molar-refractivity contribution >= 4 is 53.7 Å². The monoisotopic (exact) mass is 494 g/mol. The number of allylic oxidation sites excluding steroid dienone is 5. The summed E-state index contributed by atoms with van der Waals surface area (Å²) in [6, 6.07) is 6.70. The van der Waals surface area contributed by atoms with E-state index in [9.17, 15) is 0 Å². The summed E-state index contributed by atoms with van der Waals surface area (Å²) in [6.45, 7) is 4.68. The first-order valence-electron chi connectivity index (χ1n) is 7.20. The number of hydrogen-bond donors (Lipinski definition) is 0. The largest absolute Gasteiger partial charge is 0.147 e. The zero-order valence-corrected chi connectivity index (χ0v) is 20.3. The summed E-state index contributed by atoms with van der Waals surface area (Å²) in [7, 11) is 0. The number of hydrogen-bond acceptors (Lipinski definition) is 0. The Labute approximate surface area is 157 Å². The van der Waals surface area contributed by atoms with Gasteiger partial charge in [0, 0.05) is 0 Å². The van der Waals surface area contributed by atoms with Crippen molar-refractivity contribution in [1.29, 1.82) is 0 Å². The third-order valence-electron chi connectivity index (χ3n) is 4.98. The van der Waals surface area contributed by atoms with Crippen LogP contribution in [0.2, 0.25) is 9.26 Å². The van der Waals surface area contributed by atoms with Gasteiger partial charge in [-0.1, -0.05) is 0 Å². The van der Waals surface area contributed by atoms with Crippen molar-refractivity contribution in [3.63, 3.8) is 0 Å². The Morgan fingerprint density at radius 1 is 1.23 bits per heavy atom. The van der Waals surface area contributed by atoms with Crippen LogP contribution in [0.4, 0.5) is 0 Å². The molecule has 0 spiro atoms. The van der Waals surface area contributed by atoms with Gasteiger partial charge in [0.2, 0.25) is 0 Å². The third kappa shape index (κ3) is 3.22. The molecule has 0 aromatic heterocycles. The zero-order chi connectivity index (χ0) is 14.6. The van der Waals surface area contributed by atoms with Crippen LogP contribution >= 0.6 is 40.7 Å². The third-order valence-corrected chi connectivity index (χ3v) is 23.3. The van der Waals surface area contributed by atoms with E-state index < -0.39 is 17.4 Å². The Kier molecular flexibility index (Phi) is 6.42. The first-order valence-corrected chi connectivity index (χ1v) is 21.5. The molecule has 1 aromatic rings. The van der Waals surface area contributed by atoms with E-state index in [0.29, 0.717) is 3.63 Å². The molecule has 2 aliphatic rings. The van der Waals surface area contributed by atoms with Gasteiger partial charge in [0.15, 0.2) is 0 Å². The van der Waals surface area contributed by atoms with Crippen LogP contribution in [0.25, 0.3) is 6.08 Å². The van der Waals surface area contributed by atoms with Crippen LogP contribution in [0.1, 0.15) is 28.1 Å². The summed E-state index contributed by atoms with van der Waals surface area (Å²) >= 11 is 0.786. The Morgan fingerprint density at radius 3 is 2.50 bits per heavy atom. The van der Waals surface area contributed by atoms with Crippen molar-refractivity contribution in [3.8, 4) is 0 Å². The number of halogens is 3. The van der Waals surface area contributed by atoms with Crippen molar-refractivity contribution in [3.05, 3.63) is 60.9 Å². The second-order valence-electron chi connectivity index (χ2n) is 7.20. The smallest absolute Gasteiger partial charge is 0.147 e. The molecule has 5 heteroatoms. The first-order chi connectivity index (χ1) is 9.30. The van der Waals surface area contributed by atoms with Crippen LogP contribution in [0.15, 0.2) is 49.8 Å². The maximum absolute atomic E-state index is 3.72. The van der Waals surface area contributed by atoms with Gasteiger partial charge in [-0.05, 0) is 0 Å². The fourth-order valence-corrected chi connectivity index (χ4v) is 20.5. The summed E-state index contributed by atoms with van der Waals surface area (Å²) in [5.41, 5.74) is 4.53. The minimum absolute atomic E-state index is 0. The van der Waals surface area contributed by atoms with Crippen LogP contribution in [0.3, 0.4) is 0 Å².